The summed E-state index contributed by atoms with van der Waals surface area (Å²) in [4.78, 5) is 0. The highest BCUT2D eigenvalue weighted by Gasteiger charge is 2.25. The minimum atomic E-state index is 0.646. The second-order valence-electron chi connectivity index (χ2n) is 3.96. The molecular weight excluding hydrogens is 252 g/mol. The fraction of sp³-hybridized carbons (Fsp3) is 0.250. The Morgan fingerprint density at radius 2 is 2.20 bits per heavy atom. The number of hydrogen-bond acceptors (Lipinski definition) is 1. The number of benzene rings is 1. The second kappa shape index (κ2) is 3.49. The average Bonchev–Trinajstić information content (AvgIpc) is 2.61. The number of nitrogens with zero attached hydrogens (tertiary/aromatic N) is 2. The molecule has 0 saturated heterocycles. The van der Waals surface area contributed by atoms with E-state index in [4.69, 9.17) is 0 Å². The number of aromatic nitrogens is 2. The van der Waals surface area contributed by atoms with E-state index in [0.717, 1.165) is 11.1 Å². The minimum Gasteiger partial charge on any atom is -0.271 e. The average molecular weight is 263 g/mol. The van der Waals surface area contributed by atoms with Crippen molar-refractivity contribution in [2.75, 3.05) is 0 Å². The summed E-state index contributed by atoms with van der Waals surface area (Å²) in [5, 5.41) is 4.34. The summed E-state index contributed by atoms with van der Waals surface area (Å²) in [5.74, 6) is 0.646. The molecule has 1 aliphatic carbocycles. The van der Waals surface area contributed by atoms with Gasteiger partial charge < -0.3 is 0 Å². The summed E-state index contributed by atoms with van der Waals surface area (Å²) < 4.78 is 2.92. The van der Waals surface area contributed by atoms with E-state index in [1.165, 1.54) is 17.5 Å². The first-order valence-electron chi connectivity index (χ1n) is 5.10. The lowest BCUT2D eigenvalue weighted by Crippen LogP contribution is -2.22. The van der Waals surface area contributed by atoms with Crippen molar-refractivity contribution in [2.24, 2.45) is 0 Å². The van der Waals surface area contributed by atoms with Crippen LogP contribution in [0.2, 0.25) is 0 Å². The van der Waals surface area contributed by atoms with E-state index < -0.39 is 0 Å². The molecule has 2 nitrogen and oxygen atoms in total. The van der Waals surface area contributed by atoms with Crippen molar-refractivity contribution in [2.45, 2.75) is 18.9 Å². The molecule has 3 rings (SSSR count). The summed E-state index contributed by atoms with van der Waals surface area (Å²) in [7, 11) is 0. The van der Waals surface area contributed by atoms with E-state index in [0.29, 0.717) is 5.92 Å². The molecular formula is C12H11BrN2. The molecule has 0 radical (unpaired) electrons. The van der Waals surface area contributed by atoms with Crippen LogP contribution in [-0.4, -0.2) is 9.78 Å². The number of rotatable bonds is 2. The van der Waals surface area contributed by atoms with Crippen molar-refractivity contribution in [3.05, 3.63) is 52.3 Å². The van der Waals surface area contributed by atoms with Gasteiger partial charge >= 0.3 is 0 Å². The number of hydrogen-bond donors (Lipinski definition) is 0. The highest BCUT2D eigenvalue weighted by Crippen LogP contribution is 2.35. The Balaban J connectivity index is 1.78. The second-order valence-corrected chi connectivity index (χ2v) is 4.77. The van der Waals surface area contributed by atoms with Crippen LogP contribution in [0.1, 0.15) is 17.0 Å². The molecule has 15 heavy (non-hydrogen) atoms. The van der Waals surface area contributed by atoms with Crippen molar-refractivity contribution in [3.63, 3.8) is 0 Å². The van der Waals surface area contributed by atoms with Crippen molar-refractivity contribution < 1.29 is 0 Å². The van der Waals surface area contributed by atoms with E-state index in [9.17, 15) is 0 Å². The van der Waals surface area contributed by atoms with E-state index in [2.05, 4.69) is 45.3 Å². The zero-order chi connectivity index (χ0) is 10.3. The summed E-state index contributed by atoms with van der Waals surface area (Å²) in [6, 6.07) is 10.6. The Kier molecular flexibility index (Phi) is 2.13. The summed E-state index contributed by atoms with van der Waals surface area (Å²) in [6.45, 7) is 0.989. The van der Waals surface area contributed by atoms with Crippen LogP contribution in [0, 0.1) is 0 Å². The van der Waals surface area contributed by atoms with Gasteiger partial charge in [-0.05, 0) is 39.5 Å². The molecule has 1 aromatic carbocycles. The van der Waals surface area contributed by atoms with Crippen LogP contribution in [0.4, 0.5) is 0 Å². The lowest BCUT2D eigenvalue weighted by Gasteiger charge is -2.29. The SMILES string of the molecule is Brc1ccn(CC2Cc3ccccc32)n1. The Hall–Kier alpha value is -1.09. The highest BCUT2D eigenvalue weighted by molar-refractivity contribution is 9.10. The van der Waals surface area contributed by atoms with Gasteiger partial charge in [0.2, 0.25) is 0 Å². The summed E-state index contributed by atoms with van der Waals surface area (Å²) in [6.07, 6.45) is 3.21. The van der Waals surface area contributed by atoms with E-state index in [-0.39, 0.29) is 0 Å². The minimum absolute atomic E-state index is 0.646. The monoisotopic (exact) mass is 262 g/mol. The molecule has 3 heteroatoms. The van der Waals surface area contributed by atoms with Gasteiger partial charge in [0.1, 0.15) is 4.60 Å². The van der Waals surface area contributed by atoms with Gasteiger partial charge in [-0.2, -0.15) is 5.10 Å². The molecule has 0 spiro atoms. The molecule has 0 fully saturated rings. The maximum atomic E-state index is 4.34. The quantitative estimate of drug-likeness (QED) is 0.814. The lowest BCUT2D eigenvalue weighted by atomic mass is 9.78. The first kappa shape index (κ1) is 9.16. The Labute approximate surface area is 97.1 Å². The molecule has 1 atom stereocenters. The van der Waals surface area contributed by atoms with Gasteiger partial charge in [0.15, 0.2) is 0 Å². The van der Waals surface area contributed by atoms with Crippen LogP contribution < -0.4 is 0 Å². The largest absolute Gasteiger partial charge is 0.271 e. The van der Waals surface area contributed by atoms with Gasteiger partial charge in [0.05, 0.1) is 0 Å². The predicted molar refractivity (Wildman–Crippen MR) is 62.8 cm³/mol. The third kappa shape index (κ3) is 1.61. The van der Waals surface area contributed by atoms with Crippen molar-refractivity contribution in [3.8, 4) is 0 Å². The van der Waals surface area contributed by atoms with Crippen molar-refractivity contribution >= 4 is 15.9 Å². The lowest BCUT2D eigenvalue weighted by molar-refractivity contribution is 0.474. The van der Waals surface area contributed by atoms with E-state index in [1.54, 1.807) is 0 Å². The van der Waals surface area contributed by atoms with Crippen LogP contribution in [0.5, 0.6) is 0 Å². The summed E-state index contributed by atoms with van der Waals surface area (Å²) in [5.41, 5.74) is 2.98. The number of fused-ring (bicyclic) bond motifs is 1. The molecule has 0 saturated carbocycles. The smallest absolute Gasteiger partial charge is 0.128 e. The van der Waals surface area contributed by atoms with Crippen molar-refractivity contribution in [1.82, 2.24) is 9.78 Å². The van der Waals surface area contributed by atoms with Gasteiger partial charge in [0, 0.05) is 18.7 Å². The Morgan fingerprint density at radius 3 is 2.93 bits per heavy atom. The maximum absolute atomic E-state index is 4.34. The molecule has 0 aliphatic heterocycles. The van der Waals surface area contributed by atoms with Gasteiger partial charge in [-0.15, -0.1) is 0 Å². The van der Waals surface area contributed by atoms with Crippen LogP contribution in [-0.2, 0) is 13.0 Å². The molecule has 0 amide bonds. The molecule has 2 aromatic rings. The molecule has 1 aliphatic rings. The van der Waals surface area contributed by atoms with Crippen LogP contribution in [0.3, 0.4) is 0 Å². The topological polar surface area (TPSA) is 17.8 Å². The van der Waals surface area contributed by atoms with Crippen LogP contribution in [0.25, 0.3) is 0 Å². The zero-order valence-corrected chi connectivity index (χ0v) is 9.81. The van der Waals surface area contributed by atoms with Crippen LogP contribution >= 0.6 is 15.9 Å². The van der Waals surface area contributed by atoms with Gasteiger partial charge in [-0.1, -0.05) is 24.3 Å². The van der Waals surface area contributed by atoms with Gasteiger partial charge in [-0.3, -0.25) is 4.68 Å². The molecule has 1 unspecified atom stereocenters. The highest BCUT2D eigenvalue weighted by atomic mass is 79.9. The van der Waals surface area contributed by atoms with Crippen molar-refractivity contribution in [1.29, 1.82) is 0 Å². The Morgan fingerprint density at radius 1 is 1.33 bits per heavy atom. The standard InChI is InChI=1S/C12H11BrN2/c13-12-5-6-15(14-12)8-10-7-9-3-1-2-4-11(9)10/h1-6,10H,7-8H2. The van der Waals surface area contributed by atoms with E-state index in [1.807, 2.05) is 16.9 Å². The first-order chi connectivity index (χ1) is 7.33. The molecule has 1 aromatic heterocycles. The number of halogens is 1. The third-order valence-corrected chi connectivity index (χ3v) is 3.40. The first-order valence-corrected chi connectivity index (χ1v) is 5.89. The van der Waals surface area contributed by atoms with E-state index >= 15 is 0 Å². The fourth-order valence-electron chi connectivity index (χ4n) is 2.19. The summed E-state index contributed by atoms with van der Waals surface area (Å²) >= 11 is 3.36. The predicted octanol–water partition coefficient (Wildman–Crippen LogP) is 2.99. The molecule has 0 N–H and O–H groups in total. The normalized spacial score (nSPS) is 18.3. The molecule has 76 valence electrons. The molecule has 0 bridgehead atoms. The van der Waals surface area contributed by atoms with Gasteiger partial charge in [-0.25, -0.2) is 0 Å². The fourth-order valence-corrected chi connectivity index (χ4v) is 2.51. The van der Waals surface area contributed by atoms with Crippen LogP contribution in [0.15, 0.2) is 41.1 Å². The maximum Gasteiger partial charge on any atom is 0.128 e. The molecule has 1 heterocycles. The zero-order valence-electron chi connectivity index (χ0n) is 8.23. The Bertz CT molecular complexity index is 490. The van der Waals surface area contributed by atoms with Gasteiger partial charge in [0.25, 0.3) is 0 Å². The third-order valence-electron chi connectivity index (χ3n) is 2.98.